The largest absolute Gasteiger partial charge is 0.308 e. The topological polar surface area (TPSA) is 37.4 Å². The summed E-state index contributed by atoms with van der Waals surface area (Å²) in [4.78, 5) is 26.6. The Kier molecular flexibility index (Phi) is 4.05. The van der Waals surface area contributed by atoms with Crippen LogP contribution in [0.1, 0.15) is 33.6 Å². The Morgan fingerprint density at radius 3 is 2.52 bits per heavy atom. The molecule has 0 unspecified atom stereocenters. The number of rotatable bonds is 1. The zero-order valence-electron chi connectivity index (χ0n) is 11.4. The number of hydrogen-bond donors (Lipinski definition) is 0. The van der Waals surface area contributed by atoms with Gasteiger partial charge in [-0.25, -0.2) is 0 Å². The zero-order valence-corrected chi connectivity index (χ0v) is 13.5. The Labute approximate surface area is 137 Å². The highest BCUT2D eigenvalue weighted by Gasteiger charge is 2.25. The number of carbonyl (C=O) groups is 2. The Hall–Kier alpha value is -1.69. The van der Waals surface area contributed by atoms with Crippen LogP contribution in [0.2, 0.25) is 0 Å². The summed E-state index contributed by atoms with van der Waals surface area (Å²) in [6.07, 6.45) is 1.19. The number of fused-ring (bicyclic) bond motifs is 1. The summed E-state index contributed by atoms with van der Waals surface area (Å²) < 4.78 is 1.09. The van der Waals surface area contributed by atoms with Crippen molar-refractivity contribution < 1.29 is 9.59 Å². The van der Waals surface area contributed by atoms with Crippen LogP contribution in [-0.4, -0.2) is 18.2 Å². The molecular formula is C17H14INO2. The van der Waals surface area contributed by atoms with Gasteiger partial charge in [-0.2, -0.15) is 0 Å². The van der Waals surface area contributed by atoms with Crippen LogP contribution in [0.5, 0.6) is 0 Å². The lowest BCUT2D eigenvalue weighted by Crippen LogP contribution is -2.31. The summed E-state index contributed by atoms with van der Waals surface area (Å²) in [6.45, 7) is 0.577. The third kappa shape index (κ3) is 2.85. The second-order valence-electron chi connectivity index (χ2n) is 5.01. The average Bonchev–Trinajstić information content (AvgIpc) is 2.67. The molecule has 1 aliphatic heterocycles. The van der Waals surface area contributed by atoms with Gasteiger partial charge in [-0.15, -0.1) is 0 Å². The molecule has 21 heavy (non-hydrogen) atoms. The lowest BCUT2D eigenvalue weighted by atomic mass is 10.1. The molecule has 2 aromatic carbocycles. The van der Waals surface area contributed by atoms with E-state index in [0.29, 0.717) is 30.5 Å². The van der Waals surface area contributed by atoms with Crippen molar-refractivity contribution in [1.82, 2.24) is 0 Å². The SMILES string of the molecule is O=C1CCCN(C(=O)c2ccc(I)cc2)c2ccccc21. The van der Waals surface area contributed by atoms with Crippen molar-refractivity contribution in [2.24, 2.45) is 0 Å². The highest BCUT2D eigenvalue weighted by molar-refractivity contribution is 14.1. The molecule has 1 amide bonds. The summed E-state index contributed by atoms with van der Waals surface area (Å²) in [6, 6.07) is 14.9. The number of amides is 1. The molecule has 3 nitrogen and oxygen atoms in total. The fourth-order valence-corrected chi connectivity index (χ4v) is 2.92. The van der Waals surface area contributed by atoms with Gasteiger partial charge in [-0.3, -0.25) is 9.59 Å². The molecule has 0 bridgehead atoms. The summed E-state index contributed by atoms with van der Waals surface area (Å²) in [7, 11) is 0. The number of Topliss-reactive ketones (excluding diaryl/α,β-unsaturated/α-hetero) is 1. The average molecular weight is 391 g/mol. The lowest BCUT2D eigenvalue weighted by Gasteiger charge is -2.22. The molecule has 0 saturated heterocycles. The van der Waals surface area contributed by atoms with Crippen LogP contribution in [0.25, 0.3) is 0 Å². The smallest absolute Gasteiger partial charge is 0.258 e. The first kappa shape index (κ1) is 14.3. The first-order valence-electron chi connectivity index (χ1n) is 6.86. The second-order valence-corrected chi connectivity index (χ2v) is 6.25. The van der Waals surface area contributed by atoms with Gasteiger partial charge in [0.05, 0.1) is 5.69 Å². The first-order valence-corrected chi connectivity index (χ1v) is 7.94. The van der Waals surface area contributed by atoms with E-state index in [0.717, 1.165) is 9.26 Å². The maximum absolute atomic E-state index is 12.7. The van der Waals surface area contributed by atoms with Crippen LogP contribution in [0.3, 0.4) is 0 Å². The number of benzene rings is 2. The molecule has 0 atom stereocenters. The van der Waals surface area contributed by atoms with E-state index in [1.54, 1.807) is 11.0 Å². The number of nitrogens with zero attached hydrogens (tertiary/aromatic N) is 1. The highest BCUT2D eigenvalue weighted by atomic mass is 127. The number of halogens is 1. The van der Waals surface area contributed by atoms with E-state index in [-0.39, 0.29) is 11.7 Å². The maximum Gasteiger partial charge on any atom is 0.258 e. The van der Waals surface area contributed by atoms with E-state index < -0.39 is 0 Å². The molecule has 0 spiro atoms. The fourth-order valence-electron chi connectivity index (χ4n) is 2.56. The van der Waals surface area contributed by atoms with Gasteiger partial charge in [-0.1, -0.05) is 12.1 Å². The van der Waals surface area contributed by atoms with Gasteiger partial charge >= 0.3 is 0 Å². The van der Waals surface area contributed by atoms with Crippen LogP contribution in [-0.2, 0) is 0 Å². The summed E-state index contributed by atoms with van der Waals surface area (Å²) >= 11 is 2.21. The summed E-state index contributed by atoms with van der Waals surface area (Å²) in [5, 5.41) is 0. The van der Waals surface area contributed by atoms with Gasteiger partial charge in [-0.05, 0) is 65.4 Å². The van der Waals surface area contributed by atoms with E-state index in [1.165, 1.54) is 0 Å². The molecule has 1 aliphatic rings. The molecule has 0 aromatic heterocycles. The Balaban J connectivity index is 2.01. The van der Waals surface area contributed by atoms with Gasteiger partial charge in [0.1, 0.15) is 0 Å². The van der Waals surface area contributed by atoms with Gasteiger partial charge < -0.3 is 4.90 Å². The molecule has 0 fully saturated rings. The Morgan fingerprint density at radius 2 is 1.76 bits per heavy atom. The van der Waals surface area contributed by atoms with Gasteiger partial charge in [0, 0.05) is 27.7 Å². The zero-order chi connectivity index (χ0) is 14.8. The van der Waals surface area contributed by atoms with Crippen molar-refractivity contribution in [2.75, 3.05) is 11.4 Å². The van der Waals surface area contributed by atoms with Crippen molar-refractivity contribution in [3.8, 4) is 0 Å². The van der Waals surface area contributed by atoms with Gasteiger partial charge in [0.15, 0.2) is 5.78 Å². The molecule has 2 aromatic rings. The number of anilines is 1. The molecule has 0 N–H and O–H groups in total. The standard InChI is InChI=1S/C17H14INO2/c18-13-9-7-12(8-10-13)17(21)19-11-3-6-16(20)14-4-1-2-5-15(14)19/h1-2,4-5,7-10H,3,6,11H2. The quantitative estimate of drug-likeness (QED) is 0.692. The minimum absolute atomic E-state index is 0.0476. The van der Waals surface area contributed by atoms with E-state index in [2.05, 4.69) is 22.6 Å². The Bertz CT molecular complexity index is 694. The normalized spacial score (nSPS) is 14.5. The van der Waals surface area contributed by atoms with Crippen LogP contribution in [0, 0.1) is 3.57 Å². The molecule has 4 heteroatoms. The van der Waals surface area contributed by atoms with E-state index in [1.807, 2.05) is 42.5 Å². The van der Waals surface area contributed by atoms with Gasteiger partial charge in [0.25, 0.3) is 5.91 Å². The first-order chi connectivity index (χ1) is 10.2. The summed E-state index contributed by atoms with van der Waals surface area (Å²) in [5.41, 5.74) is 2.02. The van der Waals surface area contributed by atoms with Crippen molar-refractivity contribution >= 4 is 40.0 Å². The molecule has 0 radical (unpaired) electrons. The van der Waals surface area contributed by atoms with Crippen molar-refractivity contribution in [3.05, 3.63) is 63.2 Å². The predicted octanol–water partition coefficient (Wildman–Crippen LogP) is 3.91. The van der Waals surface area contributed by atoms with Crippen molar-refractivity contribution in [3.63, 3.8) is 0 Å². The van der Waals surface area contributed by atoms with E-state index in [9.17, 15) is 9.59 Å². The van der Waals surface area contributed by atoms with Crippen LogP contribution in [0.4, 0.5) is 5.69 Å². The van der Waals surface area contributed by atoms with Crippen LogP contribution in [0.15, 0.2) is 48.5 Å². The number of hydrogen-bond acceptors (Lipinski definition) is 2. The molecule has 1 heterocycles. The third-order valence-corrected chi connectivity index (χ3v) is 4.34. The maximum atomic E-state index is 12.7. The molecular weight excluding hydrogens is 377 g/mol. The minimum atomic E-state index is -0.0476. The number of ketones is 1. The highest BCUT2D eigenvalue weighted by Crippen LogP contribution is 2.27. The number of para-hydroxylation sites is 1. The van der Waals surface area contributed by atoms with Crippen molar-refractivity contribution in [1.29, 1.82) is 0 Å². The van der Waals surface area contributed by atoms with Gasteiger partial charge in [0.2, 0.25) is 0 Å². The van der Waals surface area contributed by atoms with Crippen LogP contribution >= 0.6 is 22.6 Å². The molecule has 3 rings (SSSR count). The molecule has 0 saturated carbocycles. The monoisotopic (exact) mass is 391 g/mol. The summed E-state index contributed by atoms with van der Waals surface area (Å²) in [5.74, 6) is 0.0667. The van der Waals surface area contributed by atoms with Crippen LogP contribution < -0.4 is 4.90 Å². The minimum Gasteiger partial charge on any atom is -0.308 e. The Morgan fingerprint density at radius 1 is 1.05 bits per heavy atom. The molecule has 0 aliphatic carbocycles. The van der Waals surface area contributed by atoms with Crippen molar-refractivity contribution in [2.45, 2.75) is 12.8 Å². The van der Waals surface area contributed by atoms with E-state index in [4.69, 9.17) is 0 Å². The predicted molar refractivity (Wildman–Crippen MR) is 90.8 cm³/mol. The number of carbonyl (C=O) groups excluding carboxylic acids is 2. The second kappa shape index (κ2) is 5.97. The van der Waals surface area contributed by atoms with E-state index >= 15 is 0 Å². The lowest BCUT2D eigenvalue weighted by molar-refractivity contribution is 0.0973. The third-order valence-electron chi connectivity index (χ3n) is 3.62. The fraction of sp³-hybridized carbons (Fsp3) is 0.176. The molecule has 106 valence electrons.